The van der Waals surface area contributed by atoms with Gasteiger partial charge in [0.05, 0.1) is 28.6 Å². The molecule has 1 aromatic heterocycles. The molecule has 3 aromatic carbocycles. The lowest BCUT2D eigenvalue weighted by Gasteiger charge is -2.13. The minimum atomic E-state index is -4.56. The van der Waals surface area contributed by atoms with E-state index in [-0.39, 0.29) is 16.5 Å². The Kier molecular flexibility index (Phi) is 8.31. The molecule has 0 atom stereocenters. The van der Waals surface area contributed by atoms with Gasteiger partial charge in [0.25, 0.3) is 0 Å². The van der Waals surface area contributed by atoms with Crippen molar-refractivity contribution in [3.8, 4) is 22.8 Å². The summed E-state index contributed by atoms with van der Waals surface area (Å²) in [5.74, 6) is 0.506. The van der Waals surface area contributed by atoms with Gasteiger partial charge in [-0.2, -0.15) is 13.2 Å². The number of halogens is 5. The number of amides is 1. The van der Waals surface area contributed by atoms with Gasteiger partial charge in [0.15, 0.2) is 11.0 Å². The fourth-order valence-corrected chi connectivity index (χ4v) is 4.40. The predicted molar refractivity (Wildman–Crippen MR) is 139 cm³/mol. The first-order chi connectivity index (χ1) is 17.7. The molecule has 0 saturated carbocycles. The zero-order chi connectivity index (χ0) is 26.6. The topological polar surface area (TPSA) is 69.0 Å². The van der Waals surface area contributed by atoms with Crippen LogP contribution in [0.4, 0.5) is 18.9 Å². The summed E-state index contributed by atoms with van der Waals surface area (Å²) in [7, 11) is 0. The molecule has 12 heteroatoms. The molecular weight excluding hydrogens is 548 g/mol. The van der Waals surface area contributed by atoms with Crippen molar-refractivity contribution < 1.29 is 22.7 Å². The van der Waals surface area contributed by atoms with Crippen molar-refractivity contribution in [2.24, 2.45) is 0 Å². The fourth-order valence-electron chi connectivity index (χ4n) is 3.35. The monoisotopic (exact) mass is 566 g/mol. The Morgan fingerprint density at radius 2 is 1.73 bits per heavy atom. The number of ether oxygens (including phenoxy) is 1. The van der Waals surface area contributed by atoms with Crippen LogP contribution in [0.15, 0.2) is 71.9 Å². The van der Waals surface area contributed by atoms with E-state index in [1.165, 1.54) is 0 Å². The van der Waals surface area contributed by atoms with Crippen LogP contribution in [0, 0.1) is 0 Å². The van der Waals surface area contributed by atoms with Crippen LogP contribution < -0.4 is 10.1 Å². The van der Waals surface area contributed by atoms with Crippen molar-refractivity contribution in [2.75, 3.05) is 17.7 Å². The van der Waals surface area contributed by atoms with Crippen LogP contribution in [-0.4, -0.2) is 33.0 Å². The highest BCUT2D eigenvalue weighted by Gasteiger charge is 2.31. The SMILES string of the molecule is CCOc1ccc(-n2c(SCC(=O)Nc3cc(C(F)(F)F)ccc3Cl)nnc2-c2ccc(Cl)cc2)cc1. The fraction of sp³-hybridized carbons (Fsp3) is 0.160. The third-order valence-corrected chi connectivity index (χ3v) is 6.55. The molecule has 37 heavy (non-hydrogen) atoms. The average molecular weight is 567 g/mol. The lowest BCUT2D eigenvalue weighted by molar-refractivity contribution is -0.137. The van der Waals surface area contributed by atoms with Crippen LogP contribution in [0.1, 0.15) is 12.5 Å². The van der Waals surface area contributed by atoms with Crippen LogP contribution >= 0.6 is 35.0 Å². The number of benzene rings is 3. The Balaban J connectivity index is 1.59. The Labute approximate surface area is 224 Å². The largest absolute Gasteiger partial charge is 0.494 e. The Morgan fingerprint density at radius 3 is 2.38 bits per heavy atom. The molecule has 1 heterocycles. The van der Waals surface area contributed by atoms with E-state index in [4.69, 9.17) is 27.9 Å². The number of carbonyl (C=O) groups excluding carboxylic acids is 1. The Bertz CT molecular complexity index is 1390. The molecule has 0 aliphatic rings. The maximum absolute atomic E-state index is 13.1. The summed E-state index contributed by atoms with van der Waals surface area (Å²) in [5, 5.41) is 12.0. The van der Waals surface area contributed by atoms with E-state index < -0.39 is 17.6 Å². The van der Waals surface area contributed by atoms with Gasteiger partial charge in [0.2, 0.25) is 5.91 Å². The van der Waals surface area contributed by atoms with Crippen molar-refractivity contribution in [3.63, 3.8) is 0 Å². The molecule has 0 aliphatic heterocycles. The second kappa shape index (κ2) is 11.5. The van der Waals surface area contributed by atoms with Crippen molar-refractivity contribution in [1.29, 1.82) is 0 Å². The van der Waals surface area contributed by atoms with Crippen LogP contribution in [-0.2, 0) is 11.0 Å². The van der Waals surface area contributed by atoms with Crippen LogP contribution in [0.5, 0.6) is 5.75 Å². The molecule has 4 aromatic rings. The number of hydrogen-bond acceptors (Lipinski definition) is 5. The zero-order valence-corrected chi connectivity index (χ0v) is 21.5. The van der Waals surface area contributed by atoms with Gasteiger partial charge in [-0.25, -0.2) is 0 Å². The molecule has 0 fully saturated rings. The molecule has 0 spiro atoms. The van der Waals surface area contributed by atoms with E-state index in [2.05, 4.69) is 15.5 Å². The van der Waals surface area contributed by atoms with Crippen molar-refractivity contribution in [2.45, 2.75) is 18.3 Å². The summed E-state index contributed by atoms with van der Waals surface area (Å²) in [6.45, 7) is 2.41. The van der Waals surface area contributed by atoms with Gasteiger partial charge in [-0.3, -0.25) is 9.36 Å². The molecule has 0 unspecified atom stereocenters. The second-order valence-corrected chi connectivity index (χ2v) is 9.39. The second-order valence-electron chi connectivity index (χ2n) is 7.60. The van der Waals surface area contributed by atoms with E-state index in [1.807, 2.05) is 19.1 Å². The number of alkyl halides is 3. The molecule has 0 saturated heterocycles. The average Bonchev–Trinajstić information content (AvgIpc) is 3.28. The zero-order valence-electron chi connectivity index (χ0n) is 19.2. The van der Waals surface area contributed by atoms with E-state index in [1.54, 1.807) is 41.0 Å². The first-order valence-corrected chi connectivity index (χ1v) is 12.6. The maximum Gasteiger partial charge on any atom is 0.416 e. The first-order valence-electron chi connectivity index (χ1n) is 10.9. The first kappa shape index (κ1) is 26.8. The number of rotatable bonds is 8. The normalized spacial score (nSPS) is 11.4. The molecule has 0 aliphatic carbocycles. The van der Waals surface area contributed by atoms with Gasteiger partial charge in [-0.15, -0.1) is 10.2 Å². The van der Waals surface area contributed by atoms with E-state index in [0.29, 0.717) is 28.4 Å². The van der Waals surface area contributed by atoms with E-state index >= 15 is 0 Å². The number of aromatic nitrogens is 3. The highest BCUT2D eigenvalue weighted by Crippen LogP contribution is 2.34. The Hall–Kier alpha value is -3.21. The summed E-state index contributed by atoms with van der Waals surface area (Å²) in [5.41, 5.74) is 0.430. The minimum Gasteiger partial charge on any atom is -0.494 e. The summed E-state index contributed by atoms with van der Waals surface area (Å²) in [6.07, 6.45) is -4.56. The van der Waals surface area contributed by atoms with Crippen LogP contribution in [0.3, 0.4) is 0 Å². The summed E-state index contributed by atoms with van der Waals surface area (Å²) in [4.78, 5) is 12.6. The molecule has 4 rings (SSSR count). The highest BCUT2D eigenvalue weighted by molar-refractivity contribution is 7.99. The van der Waals surface area contributed by atoms with E-state index in [9.17, 15) is 18.0 Å². The molecule has 192 valence electrons. The van der Waals surface area contributed by atoms with Crippen molar-refractivity contribution in [3.05, 3.63) is 82.3 Å². The predicted octanol–water partition coefficient (Wildman–Crippen LogP) is 7.39. The van der Waals surface area contributed by atoms with Crippen LogP contribution in [0.2, 0.25) is 10.0 Å². The van der Waals surface area contributed by atoms with Gasteiger partial charge in [0.1, 0.15) is 5.75 Å². The smallest absolute Gasteiger partial charge is 0.416 e. The molecule has 6 nitrogen and oxygen atoms in total. The molecule has 1 N–H and O–H groups in total. The number of nitrogens with one attached hydrogen (secondary N) is 1. The molecule has 0 bridgehead atoms. The standard InChI is InChI=1S/C25H19Cl2F3N4O2S/c1-2-36-19-10-8-18(9-11-19)34-23(15-3-6-17(26)7-4-15)32-33-24(34)37-14-22(35)31-21-13-16(25(28,29)30)5-12-20(21)27/h3-13H,2,14H2,1H3,(H,31,35). The lowest BCUT2D eigenvalue weighted by Crippen LogP contribution is -2.16. The number of anilines is 1. The van der Waals surface area contributed by atoms with Gasteiger partial charge >= 0.3 is 6.18 Å². The number of carbonyl (C=O) groups is 1. The van der Waals surface area contributed by atoms with Crippen molar-refractivity contribution >= 4 is 46.6 Å². The van der Waals surface area contributed by atoms with E-state index in [0.717, 1.165) is 41.2 Å². The van der Waals surface area contributed by atoms with Crippen LogP contribution in [0.25, 0.3) is 17.1 Å². The minimum absolute atomic E-state index is 0.00562. The Morgan fingerprint density at radius 1 is 1.03 bits per heavy atom. The highest BCUT2D eigenvalue weighted by atomic mass is 35.5. The third-order valence-electron chi connectivity index (χ3n) is 5.04. The number of nitrogens with zero attached hydrogens (tertiary/aromatic N) is 3. The third kappa shape index (κ3) is 6.57. The van der Waals surface area contributed by atoms with Gasteiger partial charge in [-0.05, 0) is 73.7 Å². The summed E-state index contributed by atoms with van der Waals surface area (Å²) < 4.78 is 46.4. The molecule has 0 radical (unpaired) electrons. The number of thioether (sulfide) groups is 1. The number of hydrogen-bond donors (Lipinski definition) is 1. The molecular formula is C25H19Cl2F3N4O2S. The quantitative estimate of drug-likeness (QED) is 0.225. The van der Waals surface area contributed by atoms with Gasteiger partial charge in [0, 0.05) is 16.3 Å². The molecule has 1 amide bonds. The summed E-state index contributed by atoms with van der Waals surface area (Å²) in [6, 6.07) is 17.1. The lowest BCUT2D eigenvalue weighted by atomic mass is 10.2. The maximum atomic E-state index is 13.1. The summed E-state index contributed by atoms with van der Waals surface area (Å²) >= 11 is 13.1. The van der Waals surface area contributed by atoms with Gasteiger partial charge in [-0.1, -0.05) is 35.0 Å². The van der Waals surface area contributed by atoms with Gasteiger partial charge < -0.3 is 10.1 Å². The van der Waals surface area contributed by atoms with Crippen molar-refractivity contribution in [1.82, 2.24) is 14.8 Å².